The molecule has 1 rings (SSSR count). The van der Waals surface area contributed by atoms with E-state index in [1.165, 1.54) is 51.4 Å². The summed E-state index contributed by atoms with van der Waals surface area (Å²) < 4.78 is 0. The van der Waals surface area contributed by atoms with Gasteiger partial charge in [-0.2, -0.15) is 10.5 Å². The molecule has 0 aromatic carbocycles. The average Bonchev–Trinajstić information content (AvgIpc) is 2.56. The van der Waals surface area contributed by atoms with E-state index in [0.717, 1.165) is 11.8 Å². The van der Waals surface area contributed by atoms with E-state index in [1.54, 1.807) is 0 Å². The van der Waals surface area contributed by atoms with E-state index < -0.39 is 0 Å². The Hall–Kier alpha value is -1.02. The Kier molecular flexibility index (Phi) is 8.55. The zero-order chi connectivity index (χ0) is 16.5. The highest BCUT2D eigenvalue weighted by atomic mass is 14.5. The van der Waals surface area contributed by atoms with E-state index in [9.17, 15) is 10.5 Å². The van der Waals surface area contributed by atoms with Crippen LogP contribution >= 0.6 is 0 Å². The lowest BCUT2D eigenvalue weighted by atomic mass is 9.60. The van der Waals surface area contributed by atoms with E-state index in [-0.39, 0.29) is 11.8 Å². The highest BCUT2D eigenvalue weighted by molar-refractivity contribution is 4.99. The summed E-state index contributed by atoms with van der Waals surface area (Å²) in [6, 6.07) is 4.94. The molecule has 0 aliphatic heterocycles. The van der Waals surface area contributed by atoms with Crippen LogP contribution in [0, 0.1) is 58.2 Å². The summed E-state index contributed by atoms with van der Waals surface area (Å²) in [4.78, 5) is 0. The maximum absolute atomic E-state index is 9.40. The number of nitrogens with zero attached hydrogens (tertiary/aromatic N) is 2. The predicted molar refractivity (Wildman–Crippen MR) is 91.8 cm³/mol. The molecule has 0 spiro atoms. The van der Waals surface area contributed by atoms with Gasteiger partial charge in [-0.3, -0.25) is 0 Å². The quantitative estimate of drug-likeness (QED) is 0.556. The first-order chi connectivity index (χ1) is 10.6. The van der Waals surface area contributed by atoms with Gasteiger partial charge in [0.25, 0.3) is 0 Å². The summed E-state index contributed by atoms with van der Waals surface area (Å²) in [5.41, 5.74) is 0. The van der Waals surface area contributed by atoms with Gasteiger partial charge in [0.2, 0.25) is 0 Å². The Morgan fingerprint density at radius 1 is 0.818 bits per heavy atom. The van der Waals surface area contributed by atoms with Gasteiger partial charge in [-0.15, -0.1) is 0 Å². The second-order valence-corrected chi connectivity index (χ2v) is 7.44. The van der Waals surface area contributed by atoms with Crippen LogP contribution in [0.4, 0.5) is 0 Å². The van der Waals surface area contributed by atoms with Crippen LogP contribution in [0.2, 0.25) is 0 Å². The molecular weight excluding hydrogens is 268 g/mol. The Balaban J connectivity index is 2.90. The first-order valence-corrected chi connectivity index (χ1v) is 9.38. The van der Waals surface area contributed by atoms with Gasteiger partial charge in [0.05, 0.1) is 12.1 Å². The van der Waals surface area contributed by atoms with Gasteiger partial charge >= 0.3 is 0 Å². The highest BCUT2D eigenvalue weighted by Crippen LogP contribution is 2.47. The molecule has 0 N–H and O–H groups in total. The second-order valence-electron chi connectivity index (χ2n) is 7.44. The van der Waals surface area contributed by atoms with Gasteiger partial charge in [-0.25, -0.2) is 0 Å². The van der Waals surface area contributed by atoms with E-state index in [0.29, 0.717) is 11.8 Å². The van der Waals surface area contributed by atoms with Crippen LogP contribution in [0.15, 0.2) is 0 Å². The van der Waals surface area contributed by atoms with Gasteiger partial charge in [0.1, 0.15) is 0 Å². The van der Waals surface area contributed by atoms with E-state index >= 15 is 0 Å². The van der Waals surface area contributed by atoms with Gasteiger partial charge in [0, 0.05) is 11.8 Å². The minimum atomic E-state index is 0.0806. The number of nitriles is 2. The molecule has 0 saturated heterocycles. The van der Waals surface area contributed by atoms with Crippen LogP contribution < -0.4 is 0 Å². The topological polar surface area (TPSA) is 47.6 Å². The lowest BCUT2D eigenvalue weighted by molar-refractivity contribution is 0.0599. The van der Waals surface area contributed by atoms with Crippen molar-refractivity contribution in [2.75, 3.05) is 0 Å². The molecule has 6 atom stereocenters. The molecule has 2 nitrogen and oxygen atoms in total. The number of rotatable bonds is 8. The molecule has 0 bridgehead atoms. The molecular formula is C20H34N2. The molecule has 0 radical (unpaired) electrons. The first kappa shape index (κ1) is 19.0. The standard InChI is InChI=1S/C20H34N2/c1-5-7-9-17-11-19(15(3)13-21)20(16(4)14-22)12-18(17)10-8-6-2/h15-20H,5-12H2,1-4H3. The van der Waals surface area contributed by atoms with Crippen LogP contribution in [-0.2, 0) is 0 Å². The van der Waals surface area contributed by atoms with Crippen molar-refractivity contribution in [1.29, 1.82) is 10.5 Å². The van der Waals surface area contributed by atoms with Crippen molar-refractivity contribution < 1.29 is 0 Å². The molecule has 22 heavy (non-hydrogen) atoms. The predicted octanol–water partition coefficient (Wildman–Crippen LogP) is 5.94. The Bertz CT molecular complexity index is 351. The number of hydrogen-bond acceptors (Lipinski definition) is 2. The molecule has 2 heteroatoms. The van der Waals surface area contributed by atoms with Crippen LogP contribution in [0.1, 0.15) is 79.1 Å². The minimum Gasteiger partial charge on any atom is -0.198 e. The van der Waals surface area contributed by atoms with Crippen molar-refractivity contribution >= 4 is 0 Å². The summed E-state index contributed by atoms with van der Waals surface area (Å²) >= 11 is 0. The van der Waals surface area contributed by atoms with Crippen molar-refractivity contribution in [1.82, 2.24) is 0 Å². The molecule has 1 aliphatic rings. The maximum Gasteiger partial charge on any atom is 0.0655 e. The summed E-state index contributed by atoms with van der Waals surface area (Å²) in [7, 11) is 0. The highest BCUT2D eigenvalue weighted by Gasteiger charge is 2.41. The number of hydrogen-bond donors (Lipinski definition) is 0. The fraction of sp³-hybridized carbons (Fsp3) is 0.900. The summed E-state index contributed by atoms with van der Waals surface area (Å²) in [6.07, 6.45) is 10.1. The smallest absolute Gasteiger partial charge is 0.0655 e. The van der Waals surface area contributed by atoms with Crippen LogP contribution in [0.5, 0.6) is 0 Å². The first-order valence-electron chi connectivity index (χ1n) is 9.38. The van der Waals surface area contributed by atoms with Gasteiger partial charge in [-0.05, 0) is 50.4 Å². The molecule has 0 aromatic rings. The summed E-state index contributed by atoms with van der Waals surface area (Å²) in [5.74, 6) is 2.54. The third-order valence-electron chi connectivity index (χ3n) is 5.92. The fourth-order valence-electron chi connectivity index (χ4n) is 4.41. The Morgan fingerprint density at radius 3 is 1.45 bits per heavy atom. The molecule has 0 amide bonds. The number of unbranched alkanes of at least 4 members (excludes halogenated alkanes) is 2. The van der Waals surface area contributed by atoms with Gasteiger partial charge in [-0.1, -0.05) is 52.4 Å². The monoisotopic (exact) mass is 302 g/mol. The van der Waals surface area contributed by atoms with E-state index in [4.69, 9.17) is 0 Å². The van der Waals surface area contributed by atoms with Crippen molar-refractivity contribution in [3.05, 3.63) is 0 Å². The van der Waals surface area contributed by atoms with Crippen molar-refractivity contribution in [3.8, 4) is 12.1 Å². The summed E-state index contributed by atoms with van der Waals surface area (Å²) in [6.45, 7) is 8.65. The van der Waals surface area contributed by atoms with Crippen molar-refractivity contribution in [2.24, 2.45) is 35.5 Å². The lowest BCUT2D eigenvalue weighted by Crippen LogP contribution is -2.37. The Morgan fingerprint density at radius 2 is 1.18 bits per heavy atom. The Labute approximate surface area is 137 Å². The summed E-state index contributed by atoms with van der Waals surface area (Å²) in [5, 5.41) is 18.8. The maximum atomic E-state index is 9.40. The fourth-order valence-corrected chi connectivity index (χ4v) is 4.41. The molecule has 1 fully saturated rings. The zero-order valence-electron chi connectivity index (χ0n) is 15.0. The van der Waals surface area contributed by atoms with Gasteiger partial charge < -0.3 is 0 Å². The molecule has 0 heterocycles. The third kappa shape index (κ3) is 5.01. The molecule has 6 unspecified atom stereocenters. The molecule has 1 aliphatic carbocycles. The van der Waals surface area contributed by atoms with Crippen molar-refractivity contribution in [2.45, 2.75) is 79.1 Å². The normalized spacial score (nSPS) is 31.0. The van der Waals surface area contributed by atoms with E-state index in [2.05, 4.69) is 39.8 Å². The minimum absolute atomic E-state index is 0.0806. The molecule has 0 aromatic heterocycles. The lowest BCUT2D eigenvalue weighted by Gasteiger charge is -2.44. The van der Waals surface area contributed by atoms with Crippen LogP contribution in [0.3, 0.4) is 0 Å². The zero-order valence-corrected chi connectivity index (χ0v) is 15.0. The van der Waals surface area contributed by atoms with E-state index in [1.807, 2.05) is 0 Å². The van der Waals surface area contributed by atoms with Crippen molar-refractivity contribution in [3.63, 3.8) is 0 Å². The molecule has 124 valence electrons. The van der Waals surface area contributed by atoms with Gasteiger partial charge in [0.15, 0.2) is 0 Å². The largest absolute Gasteiger partial charge is 0.198 e. The third-order valence-corrected chi connectivity index (χ3v) is 5.92. The SMILES string of the molecule is CCCCC1CC(C(C)C#N)C(C(C)C#N)CC1CCCC. The molecule has 1 saturated carbocycles. The van der Waals surface area contributed by atoms with Crippen LogP contribution in [0.25, 0.3) is 0 Å². The second kappa shape index (κ2) is 9.89. The van der Waals surface area contributed by atoms with Crippen LogP contribution in [-0.4, -0.2) is 0 Å². The average molecular weight is 303 g/mol.